The lowest BCUT2D eigenvalue weighted by atomic mass is 9.74. The third kappa shape index (κ3) is 8.69. The molecule has 0 spiro atoms. The molecule has 2 saturated heterocycles. The molecule has 2 fully saturated rings. The molecular weight excluding hydrogens is 781 g/mol. The molecule has 8 rings (SSSR count). The number of amides is 4. The van der Waals surface area contributed by atoms with Gasteiger partial charge in [-0.25, -0.2) is 9.59 Å². The fourth-order valence-corrected chi connectivity index (χ4v) is 9.18. The minimum atomic E-state index is -0.924. The molecular formula is C50H62N6O6. The van der Waals surface area contributed by atoms with Crippen LogP contribution in [0.5, 0.6) is 0 Å². The van der Waals surface area contributed by atoms with Crippen molar-refractivity contribution < 1.29 is 29.0 Å². The van der Waals surface area contributed by atoms with Gasteiger partial charge in [-0.3, -0.25) is 9.59 Å². The number of carbonyl (C=O) groups excluding carboxylic acids is 3. The number of anilines is 4. The molecule has 62 heavy (non-hydrogen) atoms. The van der Waals surface area contributed by atoms with Crippen molar-refractivity contribution in [1.29, 1.82) is 0 Å². The maximum Gasteiger partial charge on any atom is 0.410 e. The highest BCUT2D eigenvalue weighted by atomic mass is 16.6. The fourth-order valence-electron chi connectivity index (χ4n) is 9.18. The Labute approximate surface area is 366 Å². The van der Waals surface area contributed by atoms with Crippen LogP contribution in [0.2, 0.25) is 0 Å². The highest BCUT2D eigenvalue weighted by Gasteiger charge is 2.40. The molecule has 0 bridgehead atoms. The summed E-state index contributed by atoms with van der Waals surface area (Å²) >= 11 is 0. The molecule has 4 aliphatic rings. The number of hydrogen-bond acceptors (Lipinski definition) is 7. The fraction of sp³-hybridized carbons (Fsp3) is 0.440. The molecule has 4 aromatic carbocycles. The molecule has 4 aliphatic heterocycles. The Bertz CT molecular complexity index is 2390. The Morgan fingerprint density at radius 2 is 1.00 bits per heavy atom. The quantitative estimate of drug-likeness (QED) is 0.182. The molecule has 3 N–H and O–H groups in total. The van der Waals surface area contributed by atoms with Gasteiger partial charge in [0.25, 0.3) is 11.8 Å². The van der Waals surface area contributed by atoms with Crippen LogP contribution in [0.15, 0.2) is 84.9 Å². The van der Waals surface area contributed by atoms with E-state index in [0.717, 1.165) is 33.9 Å². The van der Waals surface area contributed by atoms with Gasteiger partial charge in [0.1, 0.15) is 5.60 Å². The highest BCUT2D eigenvalue weighted by molar-refractivity contribution is 5.97. The normalized spacial score (nSPS) is 18.6. The second-order valence-electron chi connectivity index (χ2n) is 20.0. The van der Waals surface area contributed by atoms with E-state index in [0.29, 0.717) is 56.9 Å². The summed E-state index contributed by atoms with van der Waals surface area (Å²) < 4.78 is 5.45. The van der Waals surface area contributed by atoms with Crippen molar-refractivity contribution in [3.8, 4) is 0 Å². The summed E-state index contributed by atoms with van der Waals surface area (Å²) in [5, 5.41) is 16.6. The van der Waals surface area contributed by atoms with Crippen molar-refractivity contribution in [2.24, 2.45) is 5.41 Å². The zero-order valence-electron chi connectivity index (χ0n) is 37.9. The lowest BCUT2D eigenvalue weighted by Crippen LogP contribution is -2.60. The molecule has 1 atom stereocenters. The third-order valence-corrected chi connectivity index (χ3v) is 12.8. The van der Waals surface area contributed by atoms with Crippen LogP contribution in [0.1, 0.15) is 112 Å². The van der Waals surface area contributed by atoms with Crippen molar-refractivity contribution in [2.75, 3.05) is 56.4 Å². The van der Waals surface area contributed by atoms with Crippen molar-refractivity contribution in [1.82, 2.24) is 19.6 Å². The van der Waals surface area contributed by atoms with E-state index in [1.165, 1.54) is 16.0 Å². The number of carboxylic acid groups (broad SMARTS) is 1. The molecule has 0 radical (unpaired) electrons. The molecule has 12 heteroatoms. The predicted molar refractivity (Wildman–Crippen MR) is 244 cm³/mol. The lowest BCUT2D eigenvalue weighted by molar-refractivity contribution is 0.0140. The predicted octanol–water partition coefficient (Wildman–Crippen LogP) is 9.68. The molecule has 4 heterocycles. The van der Waals surface area contributed by atoms with Gasteiger partial charge < -0.3 is 40.1 Å². The minimum absolute atomic E-state index is 0.00120. The second kappa shape index (κ2) is 16.3. The first-order chi connectivity index (χ1) is 29.1. The van der Waals surface area contributed by atoms with E-state index >= 15 is 0 Å². The molecule has 12 nitrogen and oxygen atoms in total. The van der Waals surface area contributed by atoms with E-state index < -0.39 is 11.7 Å². The van der Waals surface area contributed by atoms with Crippen molar-refractivity contribution in [3.63, 3.8) is 0 Å². The van der Waals surface area contributed by atoms with Crippen LogP contribution in [0, 0.1) is 5.41 Å². The zero-order chi connectivity index (χ0) is 44.9. The largest absolute Gasteiger partial charge is 0.465 e. The number of benzene rings is 4. The summed E-state index contributed by atoms with van der Waals surface area (Å²) in [7, 11) is 0. The minimum Gasteiger partial charge on any atom is -0.465 e. The van der Waals surface area contributed by atoms with Gasteiger partial charge >= 0.3 is 12.2 Å². The summed E-state index contributed by atoms with van der Waals surface area (Å²) in [6.45, 7) is 23.5. The Morgan fingerprint density at radius 1 is 0.581 bits per heavy atom. The van der Waals surface area contributed by atoms with Crippen molar-refractivity contribution >= 4 is 46.8 Å². The van der Waals surface area contributed by atoms with Gasteiger partial charge in [0.05, 0.1) is 6.04 Å². The van der Waals surface area contributed by atoms with Crippen molar-refractivity contribution in [3.05, 3.63) is 118 Å². The van der Waals surface area contributed by atoms with E-state index in [9.17, 15) is 24.3 Å². The number of ether oxygens (including phenoxy) is 1. The van der Waals surface area contributed by atoms with Gasteiger partial charge in [-0.1, -0.05) is 84.9 Å². The van der Waals surface area contributed by atoms with E-state index in [-0.39, 0.29) is 40.2 Å². The van der Waals surface area contributed by atoms with Crippen LogP contribution in [0.4, 0.5) is 32.3 Å². The number of fused-ring (bicyclic) bond motifs is 4. The first-order valence-electron chi connectivity index (χ1n) is 21.6. The van der Waals surface area contributed by atoms with Crippen LogP contribution in [-0.2, 0) is 15.6 Å². The summed E-state index contributed by atoms with van der Waals surface area (Å²) in [6.07, 6.45) is -1.24. The van der Waals surface area contributed by atoms with E-state index in [4.69, 9.17) is 4.74 Å². The van der Waals surface area contributed by atoms with Crippen LogP contribution < -0.4 is 10.6 Å². The van der Waals surface area contributed by atoms with Crippen LogP contribution in [0.3, 0.4) is 0 Å². The van der Waals surface area contributed by atoms with Gasteiger partial charge in [0.2, 0.25) is 0 Å². The van der Waals surface area contributed by atoms with Gasteiger partial charge in [-0.05, 0) is 97.0 Å². The Morgan fingerprint density at radius 3 is 1.45 bits per heavy atom. The average molecular weight is 843 g/mol. The maximum atomic E-state index is 13.4. The Balaban J connectivity index is 0.000000186. The van der Waals surface area contributed by atoms with E-state index in [1.54, 1.807) is 9.80 Å². The number of para-hydroxylation sites is 2. The summed E-state index contributed by atoms with van der Waals surface area (Å²) in [4.78, 5) is 57.4. The number of rotatable bonds is 2. The number of carbonyl (C=O) groups is 4. The first kappa shape index (κ1) is 44.0. The van der Waals surface area contributed by atoms with Crippen LogP contribution in [0.25, 0.3) is 0 Å². The number of nitrogens with zero attached hydrogens (tertiary/aromatic N) is 4. The average Bonchev–Trinajstić information content (AvgIpc) is 3.22. The molecule has 0 aromatic heterocycles. The monoisotopic (exact) mass is 842 g/mol. The molecule has 4 aromatic rings. The summed E-state index contributed by atoms with van der Waals surface area (Å²) in [5.74, 6) is -0.0435. The van der Waals surface area contributed by atoms with Gasteiger partial charge in [0, 0.05) is 90.5 Å². The van der Waals surface area contributed by atoms with E-state index in [1.807, 2.05) is 107 Å². The van der Waals surface area contributed by atoms with Crippen LogP contribution >= 0.6 is 0 Å². The summed E-state index contributed by atoms with van der Waals surface area (Å²) in [5.41, 5.74) is 8.99. The highest BCUT2D eigenvalue weighted by Crippen LogP contribution is 2.47. The van der Waals surface area contributed by atoms with E-state index in [2.05, 4.69) is 62.6 Å². The van der Waals surface area contributed by atoms with Crippen LogP contribution in [-0.4, -0.2) is 106 Å². The maximum absolute atomic E-state index is 13.4. The number of hydrogen-bond donors (Lipinski definition) is 3. The Hall–Kier alpha value is -6.04. The zero-order valence-corrected chi connectivity index (χ0v) is 37.9. The standard InChI is InChI=1S/2C25H31N3O3/c1-24(2,3)31-23(30)28-14-12-27(13-15-28)22(29)17-10-11-21-19(16-17)25(4,5)18-8-6-7-9-20(18)26-21;1-24(2,3)21-15-27(12-13-28(21)23(30)31)22(29)16-10-11-20-18(14-16)25(4,5)17-8-6-7-9-19(17)26-20/h6-11,16,26H,12-15H2,1-5H3;6-11,14,21,26H,12-13,15H2,1-5H3,(H,30,31). The van der Waals surface area contributed by atoms with Gasteiger partial charge in [-0.2, -0.15) is 0 Å². The van der Waals surface area contributed by atoms with Gasteiger partial charge in [0.15, 0.2) is 0 Å². The Kier molecular flexibility index (Phi) is 11.6. The molecule has 4 amide bonds. The molecule has 0 aliphatic carbocycles. The third-order valence-electron chi connectivity index (χ3n) is 12.8. The van der Waals surface area contributed by atoms with Gasteiger partial charge in [-0.15, -0.1) is 0 Å². The second-order valence-corrected chi connectivity index (χ2v) is 20.0. The topological polar surface area (TPSA) is 135 Å². The number of nitrogens with one attached hydrogen (secondary N) is 2. The van der Waals surface area contributed by atoms with Crippen molar-refractivity contribution in [2.45, 2.75) is 91.7 Å². The lowest BCUT2D eigenvalue weighted by Gasteiger charge is -2.46. The SMILES string of the molecule is CC(C)(C)OC(=O)N1CCN(C(=O)c2ccc3c(c2)C(C)(C)c2ccccc2N3)CC1.CC1(C)c2ccccc2Nc2ccc(C(=O)N3CCN(C(=O)O)C(C(C)(C)C)C3)cc21. The number of piperazine rings is 2. The molecule has 1 unspecified atom stereocenters. The smallest absolute Gasteiger partial charge is 0.410 e. The summed E-state index contributed by atoms with van der Waals surface area (Å²) in [6, 6.07) is 28.1. The molecule has 328 valence electrons. The first-order valence-corrected chi connectivity index (χ1v) is 21.6. The molecule has 0 saturated carbocycles.